The minimum Gasteiger partial charge on any atom is -0.497 e. The number of hydrogen-bond acceptors (Lipinski definition) is 4. The van der Waals surface area contributed by atoms with Gasteiger partial charge in [0.1, 0.15) is 22.4 Å². The molecule has 2 atom stereocenters. The third-order valence-corrected chi connectivity index (χ3v) is 2.87. The van der Waals surface area contributed by atoms with Crippen LogP contribution in [0.25, 0.3) is 0 Å². The molecule has 5 heteroatoms. The molecule has 0 spiro atoms. The Morgan fingerprint density at radius 1 is 1.22 bits per heavy atom. The molecule has 0 amide bonds. The van der Waals surface area contributed by atoms with Gasteiger partial charge in [-0.3, -0.25) is 4.79 Å². The largest absolute Gasteiger partial charge is 0.497 e. The second kappa shape index (κ2) is 6.64. The number of hydrogen-bond donors (Lipinski definition) is 0. The molecule has 0 aliphatic rings. The van der Waals surface area contributed by atoms with Crippen LogP contribution in [0.3, 0.4) is 0 Å². The van der Waals surface area contributed by atoms with E-state index in [0.717, 1.165) is 5.56 Å². The number of methoxy groups -OCH3 is 2. The van der Waals surface area contributed by atoms with Crippen molar-refractivity contribution < 1.29 is 19.0 Å². The zero-order valence-corrected chi connectivity index (χ0v) is 12.5. The topological polar surface area (TPSA) is 44.8 Å². The van der Waals surface area contributed by atoms with Gasteiger partial charge in [-0.2, -0.15) is 0 Å². The zero-order valence-electron chi connectivity index (χ0n) is 10.9. The summed E-state index contributed by atoms with van der Waals surface area (Å²) in [7, 11) is 3.16. The number of carbonyl (C=O) groups is 1. The fraction of sp³-hybridized carbons (Fsp3) is 0.462. The van der Waals surface area contributed by atoms with E-state index in [4.69, 9.17) is 14.2 Å². The van der Waals surface area contributed by atoms with E-state index in [-0.39, 0.29) is 10.8 Å². The van der Waals surface area contributed by atoms with E-state index in [1.807, 2.05) is 0 Å². The number of alkyl halides is 1. The van der Waals surface area contributed by atoms with E-state index in [0.29, 0.717) is 11.5 Å². The highest BCUT2D eigenvalue weighted by molar-refractivity contribution is 9.10. The Kier molecular flexibility index (Phi) is 5.47. The molecule has 1 rings (SSSR count). The third-order valence-electron chi connectivity index (χ3n) is 2.49. The third kappa shape index (κ3) is 3.63. The summed E-state index contributed by atoms with van der Waals surface area (Å²) in [5.74, 6) is 1.05. The van der Waals surface area contributed by atoms with Crippen molar-refractivity contribution in [2.24, 2.45) is 0 Å². The van der Waals surface area contributed by atoms with Crippen molar-refractivity contribution in [2.45, 2.75) is 24.8 Å². The predicted molar refractivity (Wildman–Crippen MR) is 72.4 cm³/mol. The Balaban J connectivity index is 2.95. The van der Waals surface area contributed by atoms with Gasteiger partial charge in [-0.05, 0) is 32.0 Å². The minimum absolute atomic E-state index is 0.313. The van der Waals surface area contributed by atoms with Gasteiger partial charge in [0.05, 0.1) is 14.2 Å². The molecule has 100 valence electrons. The van der Waals surface area contributed by atoms with Crippen LogP contribution in [0, 0.1) is 0 Å². The summed E-state index contributed by atoms with van der Waals surface area (Å²) in [6.07, 6.45) is -0.400. The molecular formula is C13H17BrO4. The highest BCUT2D eigenvalue weighted by Crippen LogP contribution is 2.31. The molecule has 0 saturated carbocycles. The van der Waals surface area contributed by atoms with Crippen molar-refractivity contribution in [3.8, 4) is 11.5 Å². The lowest BCUT2D eigenvalue weighted by Crippen LogP contribution is -2.16. The van der Waals surface area contributed by atoms with Gasteiger partial charge in [-0.15, -0.1) is 0 Å². The number of ether oxygens (including phenoxy) is 3. The molecule has 4 nitrogen and oxygen atoms in total. The first-order valence-electron chi connectivity index (χ1n) is 5.56. The van der Waals surface area contributed by atoms with Crippen LogP contribution < -0.4 is 9.47 Å². The van der Waals surface area contributed by atoms with Crippen LogP contribution in [0.2, 0.25) is 0 Å². The summed E-state index contributed by atoms with van der Waals surface area (Å²) in [6.45, 7) is 3.52. The van der Waals surface area contributed by atoms with Gasteiger partial charge in [0, 0.05) is 5.56 Å². The monoisotopic (exact) mass is 316 g/mol. The average Bonchev–Trinajstić information content (AvgIpc) is 2.37. The lowest BCUT2D eigenvalue weighted by molar-refractivity contribution is -0.147. The van der Waals surface area contributed by atoms with E-state index in [1.165, 1.54) is 0 Å². The maximum Gasteiger partial charge on any atom is 0.320 e. The van der Waals surface area contributed by atoms with Crippen LogP contribution in [0.4, 0.5) is 0 Å². The lowest BCUT2D eigenvalue weighted by Gasteiger charge is -2.18. The highest BCUT2D eigenvalue weighted by atomic mass is 79.9. The fourth-order valence-corrected chi connectivity index (χ4v) is 1.60. The zero-order chi connectivity index (χ0) is 13.7. The molecule has 18 heavy (non-hydrogen) atoms. The van der Waals surface area contributed by atoms with Crippen molar-refractivity contribution in [3.63, 3.8) is 0 Å². The summed E-state index contributed by atoms with van der Waals surface area (Å²) in [6, 6.07) is 5.38. The first-order valence-corrected chi connectivity index (χ1v) is 6.47. The Morgan fingerprint density at radius 3 is 2.39 bits per heavy atom. The SMILES string of the molecule is COc1ccc(OC)c(C(C)OC(=O)C(C)Br)c1. The average molecular weight is 317 g/mol. The molecule has 0 saturated heterocycles. The first kappa shape index (κ1) is 14.8. The Labute approximate surface area is 115 Å². The van der Waals surface area contributed by atoms with Gasteiger partial charge in [-0.1, -0.05) is 15.9 Å². The van der Waals surface area contributed by atoms with Crippen molar-refractivity contribution in [1.29, 1.82) is 0 Å². The number of carbonyl (C=O) groups excluding carboxylic acids is 1. The van der Waals surface area contributed by atoms with E-state index < -0.39 is 6.10 Å². The van der Waals surface area contributed by atoms with Gasteiger partial charge in [-0.25, -0.2) is 0 Å². The number of benzene rings is 1. The molecular weight excluding hydrogens is 300 g/mol. The van der Waals surface area contributed by atoms with E-state index in [1.54, 1.807) is 46.3 Å². The smallest absolute Gasteiger partial charge is 0.320 e. The fourth-order valence-electron chi connectivity index (χ4n) is 1.49. The summed E-state index contributed by atoms with van der Waals surface area (Å²) in [5, 5.41) is 0. The lowest BCUT2D eigenvalue weighted by atomic mass is 10.1. The Bertz CT molecular complexity index is 417. The van der Waals surface area contributed by atoms with Crippen LogP contribution >= 0.6 is 15.9 Å². The van der Waals surface area contributed by atoms with Crippen LogP contribution in [0.15, 0.2) is 18.2 Å². The second-order valence-corrected chi connectivity index (χ2v) is 5.18. The number of rotatable bonds is 5. The van der Waals surface area contributed by atoms with E-state index in [9.17, 15) is 4.79 Å². The summed E-state index contributed by atoms with van der Waals surface area (Å²) in [4.78, 5) is 11.2. The minimum atomic E-state index is -0.400. The predicted octanol–water partition coefficient (Wildman–Crippen LogP) is 3.09. The summed E-state index contributed by atoms with van der Waals surface area (Å²) in [5.41, 5.74) is 0.776. The quantitative estimate of drug-likeness (QED) is 0.618. The normalized spacial score (nSPS) is 13.6. The molecule has 2 unspecified atom stereocenters. The first-order chi connectivity index (χ1) is 8.49. The van der Waals surface area contributed by atoms with Crippen molar-refractivity contribution >= 4 is 21.9 Å². The maximum atomic E-state index is 11.5. The van der Waals surface area contributed by atoms with Gasteiger partial charge in [0.25, 0.3) is 0 Å². The molecule has 0 fully saturated rings. The van der Waals surface area contributed by atoms with E-state index in [2.05, 4.69) is 15.9 Å². The molecule has 0 radical (unpaired) electrons. The second-order valence-electron chi connectivity index (χ2n) is 3.80. The summed E-state index contributed by atoms with van der Waals surface area (Å²) < 4.78 is 15.7. The van der Waals surface area contributed by atoms with Gasteiger partial charge in [0.2, 0.25) is 0 Å². The van der Waals surface area contributed by atoms with Crippen LogP contribution in [0.5, 0.6) is 11.5 Å². The van der Waals surface area contributed by atoms with Gasteiger partial charge >= 0.3 is 5.97 Å². The van der Waals surface area contributed by atoms with Gasteiger partial charge < -0.3 is 14.2 Å². The maximum absolute atomic E-state index is 11.5. The van der Waals surface area contributed by atoms with Crippen molar-refractivity contribution in [3.05, 3.63) is 23.8 Å². The van der Waals surface area contributed by atoms with Crippen LogP contribution in [0.1, 0.15) is 25.5 Å². The number of esters is 1. The highest BCUT2D eigenvalue weighted by Gasteiger charge is 2.19. The van der Waals surface area contributed by atoms with E-state index >= 15 is 0 Å². The number of halogens is 1. The molecule has 0 heterocycles. The van der Waals surface area contributed by atoms with Crippen LogP contribution in [-0.4, -0.2) is 25.0 Å². The van der Waals surface area contributed by atoms with Crippen LogP contribution in [-0.2, 0) is 9.53 Å². The molecule has 1 aromatic carbocycles. The Hall–Kier alpha value is -1.23. The molecule has 1 aromatic rings. The molecule has 0 aliphatic carbocycles. The molecule has 0 aliphatic heterocycles. The molecule has 0 aromatic heterocycles. The van der Waals surface area contributed by atoms with Crippen molar-refractivity contribution in [1.82, 2.24) is 0 Å². The summed E-state index contributed by atoms with van der Waals surface area (Å²) >= 11 is 3.17. The standard InChI is InChI=1S/C13H17BrO4/c1-8(14)13(15)18-9(2)11-7-10(16-3)5-6-12(11)17-4/h5-9H,1-4H3. The Morgan fingerprint density at radius 2 is 1.89 bits per heavy atom. The van der Waals surface area contributed by atoms with Crippen molar-refractivity contribution in [2.75, 3.05) is 14.2 Å². The van der Waals surface area contributed by atoms with Gasteiger partial charge in [0.15, 0.2) is 0 Å². The molecule has 0 N–H and O–H groups in total. The molecule has 0 bridgehead atoms.